The third-order valence-corrected chi connectivity index (χ3v) is 4.30. The number of benzene rings is 1. The highest BCUT2D eigenvalue weighted by Crippen LogP contribution is 2.25. The molecule has 2 rings (SSSR count). The van der Waals surface area contributed by atoms with Crippen LogP contribution in [-0.4, -0.2) is 41.3 Å². The lowest BCUT2D eigenvalue weighted by molar-refractivity contribution is -0.121. The molecule has 0 radical (unpaired) electrons. The molecule has 0 unspecified atom stereocenters. The third kappa shape index (κ3) is 5.09. The highest BCUT2D eigenvalue weighted by atomic mass is 32.2. The summed E-state index contributed by atoms with van der Waals surface area (Å²) in [5, 5.41) is 3.62. The van der Waals surface area contributed by atoms with Gasteiger partial charge in [-0.2, -0.15) is 0 Å². The van der Waals surface area contributed by atoms with Crippen molar-refractivity contribution in [1.29, 1.82) is 0 Å². The second kappa shape index (κ2) is 9.08. The summed E-state index contributed by atoms with van der Waals surface area (Å²) in [5.41, 5.74) is 0.575. The molecule has 6 heteroatoms. The summed E-state index contributed by atoms with van der Waals surface area (Å²) >= 11 is 1.54. The zero-order chi connectivity index (χ0) is 17.4. The number of amides is 2. The first-order valence-corrected chi connectivity index (χ1v) is 8.70. The van der Waals surface area contributed by atoms with Crippen LogP contribution in [0.2, 0.25) is 0 Å². The molecule has 0 aliphatic heterocycles. The zero-order valence-corrected chi connectivity index (χ0v) is 14.7. The van der Waals surface area contributed by atoms with E-state index in [9.17, 15) is 9.59 Å². The lowest BCUT2D eigenvalue weighted by atomic mass is 10.2. The lowest BCUT2D eigenvalue weighted by Crippen LogP contribution is -2.40. The maximum atomic E-state index is 12.5. The van der Waals surface area contributed by atoms with Gasteiger partial charge in [-0.15, -0.1) is 0 Å². The number of hydrogen-bond acceptors (Lipinski definition) is 4. The standard InChI is InChI=1S/C18H21N3O2S/c1-3-19-16(22)13-21(4-2)18(23)14-8-10-15(11-9-14)24-17-7-5-6-12-20-17/h5-12H,3-4,13H2,1-2H3,(H,19,22). The Morgan fingerprint density at radius 3 is 2.46 bits per heavy atom. The Bertz CT molecular complexity index is 674. The predicted octanol–water partition coefficient (Wildman–Crippen LogP) is 2.83. The van der Waals surface area contributed by atoms with Gasteiger partial charge in [0.05, 0.1) is 6.54 Å². The van der Waals surface area contributed by atoms with E-state index in [0.29, 0.717) is 18.7 Å². The van der Waals surface area contributed by atoms with E-state index in [1.807, 2.05) is 44.2 Å². The van der Waals surface area contributed by atoms with Gasteiger partial charge in [-0.1, -0.05) is 17.8 Å². The summed E-state index contributed by atoms with van der Waals surface area (Å²) in [5.74, 6) is -0.284. The largest absolute Gasteiger partial charge is 0.355 e. The Morgan fingerprint density at radius 1 is 1.12 bits per heavy atom. The van der Waals surface area contributed by atoms with Crippen molar-refractivity contribution in [2.75, 3.05) is 19.6 Å². The molecule has 1 N–H and O–H groups in total. The predicted molar refractivity (Wildman–Crippen MR) is 95.1 cm³/mol. The normalized spacial score (nSPS) is 10.2. The molecule has 126 valence electrons. The van der Waals surface area contributed by atoms with Gasteiger partial charge in [-0.05, 0) is 50.2 Å². The minimum Gasteiger partial charge on any atom is -0.355 e. The number of nitrogens with zero attached hydrogens (tertiary/aromatic N) is 2. The van der Waals surface area contributed by atoms with E-state index in [1.165, 1.54) is 16.7 Å². The molecule has 0 atom stereocenters. The minimum atomic E-state index is -0.143. The van der Waals surface area contributed by atoms with Crippen molar-refractivity contribution in [2.45, 2.75) is 23.8 Å². The van der Waals surface area contributed by atoms with Crippen LogP contribution in [0.15, 0.2) is 58.6 Å². The van der Waals surface area contributed by atoms with Crippen LogP contribution in [0.1, 0.15) is 24.2 Å². The van der Waals surface area contributed by atoms with Crippen LogP contribution in [0.5, 0.6) is 0 Å². The zero-order valence-electron chi connectivity index (χ0n) is 13.9. The molecule has 0 fully saturated rings. The fourth-order valence-electron chi connectivity index (χ4n) is 2.13. The smallest absolute Gasteiger partial charge is 0.254 e. The topological polar surface area (TPSA) is 62.3 Å². The third-order valence-electron chi connectivity index (χ3n) is 3.34. The van der Waals surface area contributed by atoms with Gasteiger partial charge in [0.15, 0.2) is 0 Å². The average Bonchev–Trinajstić information content (AvgIpc) is 2.61. The molecule has 1 heterocycles. The molecular formula is C18H21N3O2S. The van der Waals surface area contributed by atoms with E-state index in [1.54, 1.807) is 18.3 Å². The number of rotatable bonds is 7. The molecule has 0 aliphatic carbocycles. The summed E-state index contributed by atoms with van der Waals surface area (Å²) in [7, 11) is 0. The van der Waals surface area contributed by atoms with Crippen LogP contribution in [-0.2, 0) is 4.79 Å². The molecule has 2 amide bonds. The van der Waals surface area contributed by atoms with Crippen molar-refractivity contribution in [3.63, 3.8) is 0 Å². The summed E-state index contributed by atoms with van der Waals surface area (Å²) in [6.45, 7) is 4.84. The van der Waals surface area contributed by atoms with Crippen molar-refractivity contribution in [1.82, 2.24) is 15.2 Å². The van der Waals surface area contributed by atoms with Crippen LogP contribution in [0.25, 0.3) is 0 Å². The summed E-state index contributed by atoms with van der Waals surface area (Å²) < 4.78 is 0. The van der Waals surface area contributed by atoms with Gasteiger partial charge < -0.3 is 10.2 Å². The van der Waals surface area contributed by atoms with Crippen molar-refractivity contribution >= 4 is 23.6 Å². The van der Waals surface area contributed by atoms with Crippen molar-refractivity contribution in [2.24, 2.45) is 0 Å². The Balaban J connectivity index is 2.03. The molecule has 2 aromatic rings. The Hall–Kier alpha value is -2.34. The molecule has 5 nitrogen and oxygen atoms in total. The van der Waals surface area contributed by atoms with E-state index < -0.39 is 0 Å². The second-order valence-electron chi connectivity index (χ2n) is 5.07. The van der Waals surface area contributed by atoms with Crippen molar-refractivity contribution in [3.8, 4) is 0 Å². The van der Waals surface area contributed by atoms with Gasteiger partial charge in [-0.3, -0.25) is 9.59 Å². The van der Waals surface area contributed by atoms with Gasteiger partial charge in [-0.25, -0.2) is 4.98 Å². The van der Waals surface area contributed by atoms with Crippen LogP contribution in [0, 0.1) is 0 Å². The monoisotopic (exact) mass is 343 g/mol. The average molecular weight is 343 g/mol. The highest BCUT2D eigenvalue weighted by Gasteiger charge is 2.17. The molecule has 1 aromatic carbocycles. The minimum absolute atomic E-state index is 0.0770. The Labute approximate surface area is 146 Å². The van der Waals surface area contributed by atoms with Gasteiger partial charge in [0.2, 0.25) is 5.91 Å². The Morgan fingerprint density at radius 2 is 1.88 bits per heavy atom. The fraction of sp³-hybridized carbons (Fsp3) is 0.278. The van der Waals surface area contributed by atoms with Gasteiger partial charge in [0.25, 0.3) is 5.91 Å². The van der Waals surface area contributed by atoms with Crippen LogP contribution >= 0.6 is 11.8 Å². The van der Waals surface area contributed by atoms with E-state index in [-0.39, 0.29) is 18.4 Å². The van der Waals surface area contributed by atoms with Crippen LogP contribution in [0.3, 0.4) is 0 Å². The lowest BCUT2D eigenvalue weighted by Gasteiger charge is -2.20. The molecule has 0 saturated heterocycles. The molecule has 1 aromatic heterocycles. The van der Waals surface area contributed by atoms with Crippen LogP contribution in [0.4, 0.5) is 0 Å². The van der Waals surface area contributed by atoms with Crippen molar-refractivity contribution in [3.05, 3.63) is 54.2 Å². The molecule has 0 spiro atoms. The molecule has 0 saturated carbocycles. The number of aromatic nitrogens is 1. The SMILES string of the molecule is CCNC(=O)CN(CC)C(=O)c1ccc(Sc2ccccn2)cc1. The molecule has 0 bridgehead atoms. The fourth-order valence-corrected chi connectivity index (χ4v) is 2.90. The van der Waals surface area contributed by atoms with Gasteiger partial charge >= 0.3 is 0 Å². The van der Waals surface area contributed by atoms with Crippen molar-refractivity contribution < 1.29 is 9.59 Å². The highest BCUT2D eigenvalue weighted by molar-refractivity contribution is 7.99. The molecule has 24 heavy (non-hydrogen) atoms. The molecule has 0 aliphatic rings. The quantitative estimate of drug-likeness (QED) is 0.840. The van der Waals surface area contributed by atoms with E-state index in [4.69, 9.17) is 0 Å². The van der Waals surface area contributed by atoms with E-state index >= 15 is 0 Å². The summed E-state index contributed by atoms with van der Waals surface area (Å²) in [6.07, 6.45) is 1.75. The first-order valence-electron chi connectivity index (χ1n) is 7.89. The number of hydrogen-bond donors (Lipinski definition) is 1. The number of likely N-dealkylation sites (N-methyl/N-ethyl adjacent to an activating group) is 2. The van der Waals surface area contributed by atoms with E-state index in [0.717, 1.165) is 9.92 Å². The van der Waals surface area contributed by atoms with Gasteiger partial charge in [0, 0.05) is 29.7 Å². The summed E-state index contributed by atoms with van der Waals surface area (Å²) in [4.78, 5) is 31.0. The second-order valence-corrected chi connectivity index (χ2v) is 6.16. The van der Waals surface area contributed by atoms with Crippen LogP contribution < -0.4 is 5.32 Å². The molecular weight excluding hydrogens is 322 g/mol. The number of nitrogens with one attached hydrogen (secondary N) is 1. The number of carbonyl (C=O) groups is 2. The first kappa shape index (κ1) is 18.0. The number of carbonyl (C=O) groups excluding carboxylic acids is 2. The van der Waals surface area contributed by atoms with E-state index in [2.05, 4.69) is 10.3 Å². The maximum Gasteiger partial charge on any atom is 0.254 e. The van der Waals surface area contributed by atoms with Gasteiger partial charge in [0.1, 0.15) is 5.03 Å². The maximum absolute atomic E-state index is 12.5. The number of pyridine rings is 1. The summed E-state index contributed by atoms with van der Waals surface area (Å²) in [6, 6.07) is 13.1. The Kier molecular flexibility index (Phi) is 6.81. The first-order chi connectivity index (χ1) is 11.6.